The Morgan fingerprint density at radius 1 is 1.25 bits per heavy atom. The molecule has 2 aromatic heterocycles. The van der Waals surface area contributed by atoms with Crippen molar-refractivity contribution in [2.45, 2.75) is 38.6 Å². The van der Waals surface area contributed by atoms with Gasteiger partial charge in [0.15, 0.2) is 0 Å². The molecule has 40 heavy (non-hydrogen) atoms. The Balaban J connectivity index is 1.26. The number of carbonyl (C=O) groups excluding carboxylic acids is 3. The highest BCUT2D eigenvalue weighted by molar-refractivity contribution is 7.21. The second kappa shape index (κ2) is 10.3. The Morgan fingerprint density at radius 2 is 2.08 bits per heavy atom. The van der Waals surface area contributed by atoms with Gasteiger partial charge in [-0.05, 0) is 68.4 Å². The van der Waals surface area contributed by atoms with E-state index in [1.165, 1.54) is 11.3 Å². The van der Waals surface area contributed by atoms with Gasteiger partial charge in [0.2, 0.25) is 0 Å². The van der Waals surface area contributed by atoms with Crippen LogP contribution < -0.4 is 20.3 Å². The fourth-order valence-electron chi connectivity index (χ4n) is 5.35. The van der Waals surface area contributed by atoms with Crippen molar-refractivity contribution in [1.29, 1.82) is 5.26 Å². The number of aromatic nitrogens is 1. The molecule has 4 amide bonds. The minimum absolute atomic E-state index is 0.182. The molecule has 10 nitrogen and oxygen atoms in total. The van der Waals surface area contributed by atoms with Crippen LogP contribution in [-0.2, 0) is 4.79 Å². The van der Waals surface area contributed by atoms with Gasteiger partial charge in [-0.25, -0.2) is 9.78 Å². The molecule has 0 bridgehead atoms. The molecule has 0 spiro atoms. The molecule has 2 N–H and O–H groups in total. The number of urea groups is 1. The zero-order valence-corrected chi connectivity index (χ0v) is 23.0. The lowest BCUT2D eigenvalue weighted by atomic mass is 10.0. The maximum atomic E-state index is 13.5. The zero-order chi connectivity index (χ0) is 28.0. The van der Waals surface area contributed by atoms with E-state index >= 15 is 0 Å². The number of rotatable bonds is 6. The monoisotopic (exact) mass is 556 g/mol. The summed E-state index contributed by atoms with van der Waals surface area (Å²) >= 11 is 1.22. The Morgan fingerprint density at radius 3 is 2.80 bits per heavy atom. The minimum Gasteiger partial charge on any atom is -0.497 e. The number of likely N-dealkylation sites (tertiary alicyclic amines) is 1. The summed E-state index contributed by atoms with van der Waals surface area (Å²) in [5.74, 6) is 0.411. The standard InChI is InChI=1S/C29H28N6O4S/c1-16-12-20(39-2)7-8-21(16)35-22-9-10-31-27-23(22)24(33-29(35)38)25(40-27)26(36)32-19-4-3-11-34(15-19)28(37)18(14-30)13-17-5-6-17/h7-10,12-13,17,19H,3-6,11,15H2,1-2H3,(H,32,36)(H,33,38)/b18-13+/t19-/m1/s1. The first kappa shape index (κ1) is 25.8. The van der Waals surface area contributed by atoms with Crippen molar-refractivity contribution < 1.29 is 19.1 Å². The number of aryl methyl sites for hydroxylation is 1. The van der Waals surface area contributed by atoms with Gasteiger partial charge in [0.05, 0.1) is 29.6 Å². The molecule has 2 fully saturated rings. The normalized spacial score (nSPS) is 18.8. The first-order chi connectivity index (χ1) is 19.4. The van der Waals surface area contributed by atoms with Crippen molar-refractivity contribution >= 4 is 56.5 Å². The highest BCUT2D eigenvalue weighted by Crippen LogP contribution is 2.46. The van der Waals surface area contributed by atoms with E-state index in [2.05, 4.69) is 15.6 Å². The van der Waals surface area contributed by atoms with E-state index in [1.807, 2.05) is 25.1 Å². The molecule has 1 atom stereocenters. The quantitative estimate of drug-likeness (QED) is 0.329. The first-order valence-corrected chi connectivity index (χ1v) is 14.1. The summed E-state index contributed by atoms with van der Waals surface area (Å²) < 4.78 is 5.31. The van der Waals surface area contributed by atoms with Gasteiger partial charge < -0.3 is 20.3 Å². The lowest BCUT2D eigenvalue weighted by Gasteiger charge is -2.33. The molecule has 3 aromatic rings. The topological polar surface area (TPSA) is 128 Å². The van der Waals surface area contributed by atoms with Gasteiger partial charge in [0.1, 0.15) is 27.1 Å². The molecule has 4 heterocycles. The Hall–Kier alpha value is -4.43. The van der Waals surface area contributed by atoms with Gasteiger partial charge in [0, 0.05) is 25.3 Å². The van der Waals surface area contributed by atoms with Crippen molar-refractivity contribution in [2.75, 3.05) is 30.4 Å². The van der Waals surface area contributed by atoms with Crippen LogP contribution in [0.2, 0.25) is 0 Å². The van der Waals surface area contributed by atoms with Crippen molar-refractivity contribution in [2.24, 2.45) is 5.92 Å². The second-order valence-corrected chi connectivity index (χ2v) is 11.3. The number of carbonyl (C=O) groups is 3. The Kier molecular flexibility index (Phi) is 6.64. The van der Waals surface area contributed by atoms with Crippen molar-refractivity contribution in [3.8, 4) is 11.8 Å². The second-order valence-electron chi connectivity index (χ2n) is 10.3. The predicted molar refractivity (Wildman–Crippen MR) is 152 cm³/mol. The molecule has 0 radical (unpaired) electrons. The third-order valence-electron chi connectivity index (χ3n) is 7.52. The van der Waals surface area contributed by atoms with E-state index in [9.17, 15) is 19.6 Å². The van der Waals surface area contributed by atoms with Gasteiger partial charge in [-0.2, -0.15) is 5.26 Å². The highest BCUT2D eigenvalue weighted by Gasteiger charge is 2.35. The Labute approximate surface area is 235 Å². The van der Waals surface area contributed by atoms with Gasteiger partial charge in [-0.15, -0.1) is 11.3 Å². The molecule has 1 saturated carbocycles. The molecule has 11 heteroatoms. The molecular formula is C29H28N6O4S. The van der Waals surface area contributed by atoms with Crippen LogP contribution in [0.3, 0.4) is 0 Å². The smallest absolute Gasteiger partial charge is 0.331 e. The van der Waals surface area contributed by atoms with Crippen LogP contribution in [0.5, 0.6) is 5.75 Å². The van der Waals surface area contributed by atoms with Crippen LogP contribution >= 0.6 is 11.3 Å². The molecule has 6 rings (SSSR count). The van der Waals surface area contributed by atoms with E-state index < -0.39 is 0 Å². The van der Waals surface area contributed by atoms with Gasteiger partial charge >= 0.3 is 6.03 Å². The number of nitrogens with zero attached hydrogens (tertiary/aromatic N) is 4. The average molecular weight is 557 g/mol. The number of nitriles is 1. The average Bonchev–Trinajstić information content (AvgIpc) is 3.71. The van der Waals surface area contributed by atoms with Gasteiger partial charge in [-0.3, -0.25) is 14.5 Å². The maximum Gasteiger partial charge on any atom is 0.331 e. The number of ether oxygens (including phenoxy) is 1. The molecule has 2 aliphatic heterocycles. The van der Waals surface area contributed by atoms with Crippen LogP contribution in [0.25, 0.3) is 10.2 Å². The molecule has 3 aliphatic rings. The number of allylic oxidation sites excluding steroid dienone is 1. The summed E-state index contributed by atoms with van der Waals surface area (Å²) in [5, 5.41) is 16.2. The van der Waals surface area contributed by atoms with Gasteiger partial charge in [-0.1, -0.05) is 6.08 Å². The van der Waals surface area contributed by atoms with Crippen LogP contribution in [0, 0.1) is 24.2 Å². The number of pyridine rings is 1. The molecular weight excluding hydrogens is 528 g/mol. The molecule has 0 unspecified atom stereocenters. The third-order valence-corrected chi connectivity index (χ3v) is 8.61. The van der Waals surface area contributed by atoms with Crippen LogP contribution in [-0.4, -0.2) is 54.0 Å². The zero-order valence-electron chi connectivity index (χ0n) is 22.2. The van der Waals surface area contributed by atoms with Crippen molar-refractivity contribution in [1.82, 2.24) is 15.2 Å². The van der Waals surface area contributed by atoms with Crippen LogP contribution in [0.1, 0.15) is 40.9 Å². The number of methoxy groups -OCH3 is 1. The minimum atomic E-state index is -0.373. The van der Waals surface area contributed by atoms with Crippen molar-refractivity contribution in [3.63, 3.8) is 0 Å². The molecule has 1 aromatic carbocycles. The van der Waals surface area contributed by atoms with Crippen LogP contribution in [0.4, 0.5) is 21.9 Å². The van der Waals surface area contributed by atoms with E-state index in [0.29, 0.717) is 63.3 Å². The maximum absolute atomic E-state index is 13.5. The number of amides is 4. The summed E-state index contributed by atoms with van der Waals surface area (Å²) in [7, 11) is 1.59. The fraction of sp³-hybridized carbons (Fsp3) is 0.345. The van der Waals surface area contributed by atoms with E-state index in [0.717, 1.165) is 24.8 Å². The fourth-order valence-corrected chi connectivity index (χ4v) is 6.37. The largest absolute Gasteiger partial charge is 0.497 e. The predicted octanol–water partition coefficient (Wildman–Crippen LogP) is 4.88. The van der Waals surface area contributed by atoms with E-state index in [-0.39, 0.29) is 29.5 Å². The lowest BCUT2D eigenvalue weighted by Crippen LogP contribution is -2.50. The number of nitrogens with one attached hydrogen (secondary N) is 2. The first-order valence-electron chi connectivity index (χ1n) is 13.3. The molecule has 1 aliphatic carbocycles. The number of piperidine rings is 1. The number of thiophene rings is 1. The van der Waals surface area contributed by atoms with E-state index in [1.54, 1.807) is 41.3 Å². The summed E-state index contributed by atoms with van der Waals surface area (Å²) in [6.45, 7) is 2.78. The van der Waals surface area contributed by atoms with Gasteiger partial charge in [0.25, 0.3) is 11.8 Å². The summed E-state index contributed by atoms with van der Waals surface area (Å²) in [4.78, 5) is 48.6. The highest BCUT2D eigenvalue weighted by atomic mass is 32.1. The molecule has 1 saturated heterocycles. The van der Waals surface area contributed by atoms with Crippen LogP contribution in [0.15, 0.2) is 42.1 Å². The number of benzene rings is 1. The third kappa shape index (κ3) is 4.64. The summed E-state index contributed by atoms with van der Waals surface area (Å²) in [6.07, 6.45) is 6.87. The van der Waals surface area contributed by atoms with E-state index in [4.69, 9.17) is 4.74 Å². The number of hydrogen-bond donors (Lipinski definition) is 2. The SMILES string of the molecule is COc1ccc(N2C(=O)Nc3c(C(=O)N[C@@H]4CCCN(C(=O)/C(C#N)=C/C5CC5)C4)sc4nccc2c34)c(C)c1. The van der Waals surface area contributed by atoms with Crippen molar-refractivity contribution in [3.05, 3.63) is 52.6 Å². The molecule has 204 valence electrons. The summed E-state index contributed by atoms with van der Waals surface area (Å²) in [5.41, 5.74) is 2.83. The Bertz CT molecular complexity index is 1620. The number of anilines is 3. The number of hydrogen-bond acceptors (Lipinski definition) is 7. The summed E-state index contributed by atoms with van der Waals surface area (Å²) in [6, 6.07) is 8.68. The lowest BCUT2D eigenvalue weighted by molar-refractivity contribution is -0.128.